The van der Waals surface area contributed by atoms with Crippen LogP contribution in [-0.2, 0) is 14.8 Å². The van der Waals surface area contributed by atoms with Gasteiger partial charge in [0, 0.05) is 18.8 Å². The van der Waals surface area contributed by atoms with Gasteiger partial charge in [-0.05, 0) is 50.2 Å². The molecule has 0 bridgehead atoms. The highest BCUT2D eigenvalue weighted by molar-refractivity contribution is 7.89. The van der Waals surface area contributed by atoms with E-state index in [0.29, 0.717) is 17.2 Å². The number of carbonyl (C=O) groups excluding carboxylic acids is 1. The van der Waals surface area contributed by atoms with Crippen LogP contribution in [0, 0.1) is 0 Å². The van der Waals surface area contributed by atoms with Crippen LogP contribution in [0.1, 0.15) is 13.8 Å². The predicted molar refractivity (Wildman–Crippen MR) is 102 cm³/mol. The number of ether oxygens (including phenoxy) is 2. The van der Waals surface area contributed by atoms with Crippen LogP contribution in [0.25, 0.3) is 0 Å². The molecule has 1 amide bonds. The van der Waals surface area contributed by atoms with Gasteiger partial charge in [0.1, 0.15) is 6.61 Å². The van der Waals surface area contributed by atoms with Crippen molar-refractivity contribution in [1.29, 1.82) is 0 Å². The first kappa shape index (κ1) is 19.2. The molecule has 1 N–H and O–H groups in total. The lowest BCUT2D eigenvalue weighted by molar-refractivity contribution is -0.125. The SMILES string of the molecule is CC(C)N(C)S(=O)(=O)c1ccc(NC(=O)[C@@H]2COc3ccccc3O2)cc1. The minimum atomic E-state index is -3.56. The molecule has 2 aromatic rings. The third-order valence-electron chi connectivity index (χ3n) is 4.33. The summed E-state index contributed by atoms with van der Waals surface area (Å²) in [4.78, 5) is 12.6. The van der Waals surface area contributed by atoms with E-state index >= 15 is 0 Å². The number of hydrogen-bond acceptors (Lipinski definition) is 5. The topological polar surface area (TPSA) is 84.9 Å². The van der Waals surface area contributed by atoms with Crippen molar-refractivity contribution in [3.8, 4) is 11.5 Å². The van der Waals surface area contributed by atoms with Gasteiger partial charge < -0.3 is 14.8 Å². The fraction of sp³-hybridized carbons (Fsp3) is 0.316. The molecule has 1 heterocycles. The molecule has 27 heavy (non-hydrogen) atoms. The molecule has 0 fully saturated rings. The summed E-state index contributed by atoms with van der Waals surface area (Å²) in [6.45, 7) is 3.71. The third-order valence-corrected chi connectivity index (χ3v) is 6.37. The fourth-order valence-corrected chi connectivity index (χ4v) is 3.89. The Labute approximate surface area is 158 Å². The standard InChI is InChI=1S/C19H22N2O5S/c1-13(2)21(3)27(23,24)15-10-8-14(9-11-15)20-19(22)18-12-25-16-6-4-5-7-17(16)26-18/h4-11,13,18H,12H2,1-3H3,(H,20,22)/t18-/m0/s1. The highest BCUT2D eigenvalue weighted by atomic mass is 32.2. The zero-order valence-corrected chi connectivity index (χ0v) is 16.2. The van der Waals surface area contributed by atoms with Crippen LogP contribution < -0.4 is 14.8 Å². The van der Waals surface area contributed by atoms with Crippen molar-refractivity contribution in [2.75, 3.05) is 19.0 Å². The molecule has 1 aliphatic heterocycles. The molecule has 0 aromatic heterocycles. The number of nitrogens with one attached hydrogen (secondary N) is 1. The van der Waals surface area contributed by atoms with Crippen molar-refractivity contribution in [3.05, 3.63) is 48.5 Å². The van der Waals surface area contributed by atoms with Gasteiger partial charge in [-0.15, -0.1) is 0 Å². The lowest BCUT2D eigenvalue weighted by Crippen LogP contribution is -2.40. The van der Waals surface area contributed by atoms with E-state index in [-0.39, 0.29) is 23.5 Å². The minimum absolute atomic E-state index is 0.106. The molecule has 1 aliphatic rings. The summed E-state index contributed by atoms with van der Waals surface area (Å²) >= 11 is 0. The molecule has 1 atom stereocenters. The Kier molecular flexibility index (Phi) is 5.38. The van der Waals surface area contributed by atoms with Gasteiger partial charge in [-0.25, -0.2) is 8.42 Å². The summed E-state index contributed by atoms with van der Waals surface area (Å²) in [6.07, 6.45) is -0.782. The summed E-state index contributed by atoms with van der Waals surface area (Å²) in [5.41, 5.74) is 0.480. The minimum Gasteiger partial charge on any atom is -0.485 e. The Hall–Kier alpha value is -2.58. The molecule has 0 unspecified atom stereocenters. The zero-order chi connectivity index (χ0) is 19.6. The number of anilines is 1. The molecule has 0 saturated heterocycles. The molecular formula is C19H22N2O5S. The second kappa shape index (κ2) is 7.58. The molecule has 0 aliphatic carbocycles. The monoisotopic (exact) mass is 390 g/mol. The number of hydrogen-bond donors (Lipinski definition) is 1. The largest absolute Gasteiger partial charge is 0.485 e. The number of sulfonamides is 1. The van der Waals surface area contributed by atoms with Gasteiger partial charge in [0.05, 0.1) is 4.90 Å². The van der Waals surface area contributed by atoms with Gasteiger partial charge in [0.2, 0.25) is 16.1 Å². The molecule has 2 aromatic carbocycles. The van der Waals surface area contributed by atoms with Crippen LogP contribution in [0.4, 0.5) is 5.69 Å². The maximum atomic E-state index is 12.5. The summed E-state index contributed by atoms with van der Waals surface area (Å²) in [6, 6.07) is 13.0. The van der Waals surface area contributed by atoms with Crippen molar-refractivity contribution in [1.82, 2.24) is 4.31 Å². The molecule has 7 nitrogen and oxygen atoms in total. The van der Waals surface area contributed by atoms with Crippen LogP contribution in [0.5, 0.6) is 11.5 Å². The first-order valence-electron chi connectivity index (χ1n) is 8.56. The fourth-order valence-electron chi connectivity index (χ4n) is 2.53. The Morgan fingerprint density at radius 2 is 1.74 bits per heavy atom. The number of carbonyl (C=O) groups is 1. The second-order valence-corrected chi connectivity index (χ2v) is 8.49. The van der Waals surface area contributed by atoms with Crippen LogP contribution in [0.2, 0.25) is 0 Å². The van der Waals surface area contributed by atoms with E-state index in [1.54, 1.807) is 44.2 Å². The van der Waals surface area contributed by atoms with Crippen molar-refractivity contribution in [2.24, 2.45) is 0 Å². The Morgan fingerprint density at radius 1 is 1.11 bits per heavy atom. The number of benzene rings is 2. The zero-order valence-electron chi connectivity index (χ0n) is 15.4. The normalized spacial score (nSPS) is 16.4. The van der Waals surface area contributed by atoms with Gasteiger partial charge in [0.25, 0.3) is 5.91 Å². The number of rotatable bonds is 5. The highest BCUT2D eigenvalue weighted by Crippen LogP contribution is 2.31. The Morgan fingerprint density at radius 3 is 2.37 bits per heavy atom. The van der Waals surface area contributed by atoms with E-state index in [1.165, 1.54) is 23.5 Å². The van der Waals surface area contributed by atoms with Crippen molar-refractivity contribution >= 4 is 21.6 Å². The van der Waals surface area contributed by atoms with Gasteiger partial charge >= 0.3 is 0 Å². The van der Waals surface area contributed by atoms with E-state index in [0.717, 1.165) is 0 Å². The van der Waals surface area contributed by atoms with Gasteiger partial charge in [-0.3, -0.25) is 4.79 Å². The Bertz CT molecular complexity index is 925. The van der Waals surface area contributed by atoms with Crippen molar-refractivity contribution in [3.63, 3.8) is 0 Å². The molecular weight excluding hydrogens is 368 g/mol. The van der Waals surface area contributed by atoms with Crippen LogP contribution in [0.15, 0.2) is 53.4 Å². The van der Waals surface area contributed by atoms with Crippen molar-refractivity contribution < 1.29 is 22.7 Å². The predicted octanol–water partition coefficient (Wildman–Crippen LogP) is 2.49. The average molecular weight is 390 g/mol. The summed E-state index contributed by atoms with van der Waals surface area (Å²) in [5, 5.41) is 2.72. The van der Waals surface area contributed by atoms with Crippen molar-refractivity contribution in [2.45, 2.75) is 30.9 Å². The lowest BCUT2D eigenvalue weighted by Gasteiger charge is -2.25. The molecule has 0 saturated carbocycles. The molecule has 3 rings (SSSR count). The van der Waals surface area contributed by atoms with Gasteiger partial charge in [-0.2, -0.15) is 4.31 Å². The van der Waals surface area contributed by atoms with E-state index in [4.69, 9.17) is 9.47 Å². The van der Waals surface area contributed by atoms with E-state index < -0.39 is 16.1 Å². The summed E-state index contributed by atoms with van der Waals surface area (Å²) in [7, 11) is -2.03. The first-order valence-corrected chi connectivity index (χ1v) is 10.0. The smallest absolute Gasteiger partial charge is 0.269 e. The summed E-state index contributed by atoms with van der Waals surface area (Å²) < 4.78 is 37.4. The van der Waals surface area contributed by atoms with Crippen LogP contribution in [0.3, 0.4) is 0 Å². The number of nitrogens with zero attached hydrogens (tertiary/aromatic N) is 1. The quantitative estimate of drug-likeness (QED) is 0.848. The molecule has 8 heteroatoms. The van der Waals surface area contributed by atoms with E-state index in [2.05, 4.69) is 5.32 Å². The maximum absolute atomic E-state index is 12.5. The maximum Gasteiger partial charge on any atom is 0.269 e. The third kappa shape index (κ3) is 4.06. The van der Waals surface area contributed by atoms with Gasteiger partial charge in [-0.1, -0.05) is 12.1 Å². The van der Waals surface area contributed by atoms with Crippen LogP contribution >= 0.6 is 0 Å². The molecule has 144 valence electrons. The average Bonchev–Trinajstić information content (AvgIpc) is 2.67. The Balaban J connectivity index is 1.68. The van der Waals surface area contributed by atoms with E-state index in [1.807, 2.05) is 6.07 Å². The van der Waals surface area contributed by atoms with E-state index in [9.17, 15) is 13.2 Å². The highest BCUT2D eigenvalue weighted by Gasteiger charge is 2.28. The second-order valence-electron chi connectivity index (χ2n) is 6.49. The number of fused-ring (bicyclic) bond motifs is 1. The molecule has 0 spiro atoms. The lowest BCUT2D eigenvalue weighted by atomic mass is 10.2. The number of para-hydroxylation sites is 2. The number of amides is 1. The van der Waals surface area contributed by atoms with Gasteiger partial charge in [0.15, 0.2) is 11.5 Å². The summed E-state index contributed by atoms with van der Waals surface area (Å²) in [5.74, 6) is 0.756. The van der Waals surface area contributed by atoms with Crippen LogP contribution in [-0.4, -0.2) is 44.4 Å². The molecule has 0 radical (unpaired) electrons. The first-order chi connectivity index (χ1) is 12.8.